The second kappa shape index (κ2) is 9.50. The van der Waals surface area contributed by atoms with Gasteiger partial charge in [-0.15, -0.1) is 0 Å². The van der Waals surface area contributed by atoms with E-state index in [1.807, 2.05) is 19.9 Å². The van der Waals surface area contributed by atoms with Crippen LogP contribution in [0.2, 0.25) is 0 Å². The fourth-order valence-electron chi connectivity index (χ4n) is 3.91. The molecule has 2 aromatic carbocycles. The van der Waals surface area contributed by atoms with Crippen LogP contribution in [0.25, 0.3) is 0 Å². The third kappa shape index (κ3) is 5.24. The minimum Gasteiger partial charge on any atom is -0.495 e. The van der Waals surface area contributed by atoms with Gasteiger partial charge in [0.05, 0.1) is 24.3 Å². The maximum Gasteiger partial charge on any atom is 0.338 e. The van der Waals surface area contributed by atoms with E-state index < -0.39 is 16.0 Å². The van der Waals surface area contributed by atoms with Crippen molar-refractivity contribution in [1.82, 2.24) is 4.31 Å². The first kappa shape index (κ1) is 22.8. The zero-order valence-electron chi connectivity index (χ0n) is 17.9. The van der Waals surface area contributed by atoms with E-state index in [0.717, 1.165) is 6.42 Å². The quantitative estimate of drug-likeness (QED) is 0.634. The van der Waals surface area contributed by atoms with E-state index in [1.165, 1.54) is 29.6 Å². The normalized spacial score (nSPS) is 19.4. The summed E-state index contributed by atoms with van der Waals surface area (Å²) in [6.07, 6.45) is 0.975. The first-order chi connectivity index (χ1) is 14.7. The molecule has 2 unspecified atom stereocenters. The minimum absolute atomic E-state index is 0.0242. The minimum atomic E-state index is -3.84. The highest BCUT2D eigenvalue weighted by atomic mass is 32.2. The number of carbonyl (C=O) groups excluding carboxylic acids is 1. The van der Waals surface area contributed by atoms with Crippen LogP contribution in [0, 0.1) is 23.2 Å². The molecule has 31 heavy (non-hydrogen) atoms. The Morgan fingerprint density at radius 1 is 1.16 bits per heavy atom. The average molecular weight is 443 g/mol. The lowest BCUT2D eigenvalue weighted by molar-refractivity contribution is 0.0472. The molecule has 7 nitrogen and oxygen atoms in total. The molecule has 0 N–H and O–H groups in total. The number of hydrogen-bond acceptors (Lipinski definition) is 6. The third-order valence-electron chi connectivity index (χ3n) is 5.28. The molecular formula is C23H26N2O5S. The summed E-state index contributed by atoms with van der Waals surface area (Å²) in [6.45, 7) is 4.90. The molecule has 8 heteroatoms. The Morgan fingerprint density at radius 2 is 1.87 bits per heavy atom. The number of piperidine rings is 1. The number of hydrogen-bond donors (Lipinski definition) is 0. The van der Waals surface area contributed by atoms with Gasteiger partial charge in [-0.2, -0.15) is 9.57 Å². The van der Waals surface area contributed by atoms with Crippen molar-refractivity contribution in [2.24, 2.45) is 11.8 Å². The van der Waals surface area contributed by atoms with Crippen molar-refractivity contribution in [1.29, 1.82) is 5.26 Å². The number of methoxy groups -OCH3 is 1. The molecule has 0 spiro atoms. The summed E-state index contributed by atoms with van der Waals surface area (Å²) in [6, 6.07) is 13.0. The van der Waals surface area contributed by atoms with Crippen molar-refractivity contribution >= 4 is 16.0 Å². The molecular weight excluding hydrogens is 416 g/mol. The fraction of sp³-hybridized carbons (Fsp3) is 0.391. The monoisotopic (exact) mass is 442 g/mol. The van der Waals surface area contributed by atoms with Crippen molar-refractivity contribution in [3.63, 3.8) is 0 Å². The van der Waals surface area contributed by atoms with Crippen LogP contribution in [-0.4, -0.2) is 38.9 Å². The Hall–Kier alpha value is -2.89. The molecule has 0 bridgehead atoms. The molecule has 2 atom stereocenters. The Labute approximate surface area is 183 Å². The molecule has 2 aromatic rings. The Morgan fingerprint density at radius 3 is 2.52 bits per heavy atom. The number of sulfonamides is 1. The van der Waals surface area contributed by atoms with Gasteiger partial charge < -0.3 is 9.47 Å². The summed E-state index contributed by atoms with van der Waals surface area (Å²) in [5.74, 6) is 0.0367. The number of rotatable bonds is 6. The highest BCUT2D eigenvalue weighted by Crippen LogP contribution is 2.32. The summed E-state index contributed by atoms with van der Waals surface area (Å²) in [7, 11) is -2.44. The molecule has 1 heterocycles. The van der Waals surface area contributed by atoms with Crippen molar-refractivity contribution in [3.8, 4) is 11.8 Å². The molecule has 164 valence electrons. The van der Waals surface area contributed by atoms with Crippen LogP contribution in [0.5, 0.6) is 5.75 Å². The maximum atomic E-state index is 13.3. The van der Waals surface area contributed by atoms with E-state index in [4.69, 9.17) is 14.7 Å². The second-order valence-electron chi connectivity index (χ2n) is 8.02. The van der Waals surface area contributed by atoms with E-state index in [2.05, 4.69) is 0 Å². The summed E-state index contributed by atoms with van der Waals surface area (Å²) >= 11 is 0. The molecule has 1 aliphatic heterocycles. The predicted octanol–water partition coefficient (Wildman–Crippen LogP) is 3.59. The largest absolute Gasteiger partial charge is 0.495 e. The van der Waals surface area contributed by atoms with Gasteiger partial charge in [0.1, 0.15) is 17.3 Å². The van der Waals surface area contributed by atoms with E-state index in [-0.39, 0.29) is 34.7 Å². The molecule has 1 saturated heterocycles. The zero-order chi connectivity index (χ0) is 22.6. The second-order valence-corrected chi connectivity index (χ2v) is 9.93. The number of carbonyl (C=O) groups is 1. The van der Waals surface area contributed by atoms with Crippen LogP contribution in [0.4, 0.5) is 0 Å². The standard InChI is InChI=1S/C23H26N2O5S/c1-16-9-17(2)14-25(13-16)31(27,28)22-11-20(7-8-21(22)29-3)23(26)30-15-19-6-4-5-18(10-19)12-24/h4-8,10-11,16-17H,9,13-15H2,1-3H3. The van der Waals surface area contributed by atoms with Crippen molar-refractivity contribution in [2.75, 3.05) is 20.2 Å². The van der Waals surface area contributed by atoms with E-state index in [0.29, 0.717) is 24.2 Å². The lowest BCUT2D eigenvalue weighted by atomic mass is 9.94. The molecule has 0 radical (unpaired) electrons. The molecule has 1 fully saturated rings. The van der Waals surface area contributed by atoms with Crippen LogP contribution in [-0.2, 0) is 21.4 Å². The number of benzene rings is 2. The number of ether oxygens (including phenoxy) is 2. The highest BCUT2D eigenvalue weighted by molar-refractivity contribution is 7.89. The molecule has 0 amide bonds. The smallest absolute Gasteiger partial charge is 0.338 e. The highest BCUT2D eigenvalue weighted by Gasteiger charge is 2.34. The number of esters is 1. The van der Waals surface area contributed by atoms with Crippen LogP contribution < -0.4 is 4.74 Å². The Balaban J connectivity index is 1.84. The average Bonchev–Trinajstić information content (AvgIpc) is 2.76. The van der Waals surface area contributed by atoms with Crippen molar-refractivity contribution < 1.29 is 22.7 Å². The third-order valence-corrected chi connectivity index (χ3v) is 7.13. The van der Waals surface area contributed by atoms with Gasteiger partial charge in [0.15, 0.2) is 0 Å². The fourth-order valence-corrected chi connectivity index (χ4v) is 5.77. The van der Waals surface area contributed by atoms with Crippen LogP contribution in [0.3, 0.4) is 0 Å². The van der Waals surface area contributed by atoms with Gasteiger partial charge in [0, 0.05) is 13.1 Å². The first-order valence-electron chi connectivity index (χ1n) is 10.1. The Kier molecular flexibility index (Phi) is 6.98. The van der Waals surface area contributed by atoms with Gasteiger partial charge in [-0.05, 0) is 54.2 Å². The van der Waals surface area contributed by atoms with Gasteiger partial charge >= 0.3 is 5.97 Å². The van der Waals surface area contributed by atoms with Gasteiger partial charge in [-0.3, -0.25) is 0 Å². The summed E-state index contributed by atoms with van der Waals surface area (Å²) in [5.41, 5.74) is 1.26. The summed E-state index contributed by atoms with van der Waals surface area (Å²) in [4.78, 5) is 12.6. The van der Waals surface area contributed by atoms with E-state index in [1.54, 1.807) is 24.3 Å². The topological polar surface area (TPSA) is 96.7 Å². The summed E-state index contributed by atoms with van der Waals surface area (Å²) in [5, 5.41) is 8.98. The molecule has 3 rings (SSSR count). The predicted molar refractivity (Wildman–Crippen MR) is 115 cm³/mol. The van der Waals surface area contributed by atoms with Crippen LogP contribution in [0.15, 0.2) is 47.4 Å². The Bertz CT molecular complexity index is 1100. The van der Waals surface area contributed by atoms with Gasteiger partial charge in [0.25, 0.3) is 0 Å². The molecule has 0 saturated carbocycles. The zero-order valence-corrected chi connectivity index (χ0v) is 18.7. The SMILES string of the molecule is COc1ccc(C(=O)OCc2cccc(C#N)c2)cc1S(=O)(=O)N1CC(C)CC(C)C1. The van der Waals surface area contributed by atoms with Crippen molar-refractivity contribution in [3.05, 3.63) is 59.2 Å². The first-order valence-corrected chi connectivity index (χ1v) is 11.5. The van der Waals surface area contributed by atoms with Crippen LogP contribution >= 0.6 is 0 Å². The van der Waals surface area contributed by atoms with Gasteiger partial charge in [0.2, 0.25) is 10.0 Å². The van der Waals surface area contributed by atoms with E-state index in [9.17, 15) is 13.2 Å². The lowest BCUT2D eigenvalue weighted by Crippen LogP contribution is -2.42. The molecule has 0 aliphatic carbocycles. The molecule has 0 aromatic heterocycles. The molecule has 1 aliphatic rings. The number of nitrogens with zero attached hydrogens (tertiary/aromatic N) is 2. The van der Waals surface area contributed by atoms with Gasteiger partial charge in [-0.1, -0.05) is 26.0 Å². The summed E-state index contributed by atoms with van der Waals surface area (Å²) < 4.78 is 38.8. The van der Waals surface area contributed by atoms with Gasteiger partial charge in [-0.25, -0.2) is 13.2 Å². The number of nitriles is 1. The van der Waals surface area contributed by atoms with Crippen molar-refractivity contribution in [2.45, 2.75) is 31.8 Å². The van der Waals surface area contributed by atoms with Crippen LogP contribution in [0.1, 0.15) is 41.8 Å². The maximum absolute atomic E-state index is 13.3. The van der Waals surface area contributed by atoms with E-state index >= 15 is 0 Å². The lowest BCUT2D eigenvalue weighted by Gasteiger charge is -2.34.